The van der Waals surface area contributed by atoms with E-state index in [9.17, 15) is 0 Å². The zero-order valence-electron chi connectivity index (χ0n) is 7.96. The average molecular weight is 263 g/mol. The number of anilines is 1. The smallest absolute Gasteiger partial charge is 0.0917 e. The molecule has 0 saturated carbocycles. The fourth-order valence-corrected chi connectivity index (χ4v) is 2.47. The Balaban J connectivity index is 2.53. The maximum absolute atomic E-state index is 5.57. The molecule has 1 atom stereocenters. The first kappa shape index (κ1) is 11.0. The van der Waals surface area contributed by atoms with E-state index in [1.807, 2.05) is 0 Å². The molecule has 0 spiro atoms. The van der Waals surface area contributed by atoms with Crippen LogP contribution in [-0.2, 0) is 0 Å². The molecule has 0 aliphatic heterocycles. The molecule has 0 amide bonds. The fraction of sp³-hybridized carbons (Fsp3) is 0.556. The van der Waals surface area contributed by atoms with Crippen molar-refractivity contribution in [2.24, 2.45) is 11.7 Å². The van der Waals surface area contributed by atoms with Gasteiger partial charge in [0.1, 0.15) is 0 Å². The molecular weight excluding hydrogens is 248 g/mol. The number of thiophene rings is 1. The zero-order chi connectivity index (χ0) is 9.84. The summed E-state index contributed by atoms with van der Waals surface area (Å²) in [4.78, 5) is 2.24. The molecule has 0 fully saturated rings. The molecule has 13 heavy (non-hydrogen) atoms. The van der Waals surface area contributed by atoms with E-state index < -0.39 is 0 Å². The second kappa shape index (κ2) is 4.98. The third-order valence-corrected chi connectivity index (χ3v) is 3.66. The van der Waals surface area contributed by atoms with E-state index in [-0.39, 0.29) is 0 Å². The lowest BCUT2D eigenvalue weighted by Crippen LogP contribution is -2.27. The summed E-state index contributed by atoms with van der Waals surface area (Å²) in [5, 5.41) is 1.28. The van der Waals surface area contributed by atoms with Crippen molar-refractivity contribution in [2.75, 3.05) is 25.0 Å². The Hall–Kier alpha value is -0.0600. The standard InChI is InChI=1S/C9H15BrN2S/c1-7(5-11)6-12(2)9-4-3-8(10)13-9/h3-4,7H,5-6,11H2,1-2H3. The van der Waals surface area contributed by atoms with Gasteiger partial charge >= 0.3 is 0 Å². The maximum atomic E-state index is 5.57. The largest absolute Gasteiger partial charge is 0.366 e. The molecule has 0 bridgehead atoms. The molecule has 1 heterocycles. The number of hydrogen-bond donors (Lipinski definition) is 1. The number of hydrogen-bond acceptors (Lipinski definition) is 3. The lowest BCUT2D eigenvalue weighted by atomic mass is 10.2. The highest BCUT2D eigenvalue weighted by atomic mass is 79.9. The topological polar surface area (TPSA) is 29.3 Å². The summed E-state index contributed by atoms with van der Waals surface area (Å²) in [5.41, 5.74) is 5.57. The van der Waals surface area contributed by atoms with Crippen LogP contribution in [0.3, 0.4) is 0 Å². The summed E-state index contributed by atoms with van der Waals surface area (Å²) in [7, 11) is 2.10. The Bertz CT molecular complexity index is 262. The summed E-state index contributed by atoms with van der Waals surface area (Å²) >= 11 is 5.20. The van der Waals surface area contributed by atoms with E-state index in [0.717, 1.165) is 13.1 Å². The molecular formula is C9H15BrN2S. The van der Waals surface area contributed by atoms with Gasteiger partial charge in [0.2, 0.25) is 0 Å². The van der Waals surface area contributed by atoms with Crippen LogP contribution in [0.4, 0.5) is 5.00 Å². The van der Waals surface area contributed by atoms with Crippen molar-refractivity contribution in [3.63, 3.8) is 0 Å². The van der Waals surface area contributed by atoms with Gasteiger partial charge in [-0.15, -0.1) is 11.3 Å². The van der Waals surface area contributed by atoms with Crippen molar-refractivity contribution >= 4 is 32.3 Å². The van der Waals surface area contributed by atoms with E-state index in [0.29, 0.717) is 5.92 Å². The summed E-state index contributed by atoms with van der Waals surface area (Å²) in [6, 6.07) is 4.20. The van der Waals surface area contributed by atoms with Crippen LogP contribution in [-0.4, -0.2) is 20.1 Å². The molecule has 0 radical (unpaired) electrons. The van der Waals surface area contributed by atoms with Gasteiger partial charge in [-0.1, -0.05) is 6.92 Å². The van der Waals surface area contributed by atoms with E-state index in [1.54, 1.807) is 11.3 Å². The van der Waals surface area contributed by atoms with E-state index in [4.69, 9.17) is 5.73 Å². The number of nitrogens with zero attached hydrogens (tertiary/aromatic N) is 1. The quantitative estimate of drug-likeness (QED) is 0.904. The van der Waals surface area contributed by atoms with Crippen LogP contribution in [0.5, 0.6) is 0 Å². The molecule has 1 aromatic heterocycles. The molecule has 0 aliphatic carbocycles. The number of nitrogens with two attached hydrogens (primary N) is 1. The summed E-state index contributed by atoms with van der Waals surface area (Å²) in [5.74, 6) is 0.547. The van der Waals surface area contributed by atoms with Crippen LogP contribution in [0.2, 0.25) is 0 Å². The van der Waals surface area contributed by atoms with Crippen LogP contribution >= 0.6 is 27.3 Å². The lowest BCUT2D eigenvalue weighted by molar-refractivity contribution is 0.592. The number of rotatable bonds is 4. The fourth-order valence-electron chi connectivity index (χ4n) is 1.14. The highest BCUT2D eigenvalue weighted by Gasteiger charge is 2.07. The molecule has 74 valence electrons. The van der Waals surface area contributed by atoms with Crippen LogP contribution < -0.4 is 10.6 Å². The van der Waals surface area contributed by atoms with Crippen LogP contribution in [0.1, 0.15) is 6.92 Å². The molecule has 4 heteroatoms. The van der Waals surface area contributed by atoms with Gasteiger partial charge in [0.25, 0.3) is 0 Å². The molecule has 2 N–H and O–H groups in total. The Labute approximate surface area is 91.9 Å². The summed E-state index contributed by atoms with van der Waals surface area (Å²) < 4.78 is 1.18. The van der Waals surface area contributed by atoms with Gasteiger partial charge in [-0.3, -0.25) is 0 Å². The predicted octanol–water partition coefficient (Wildman–Crippen LogP) is 2.54. The van der Waals surface area contributed by atoms with E-state index >= 15 is 0 Å². The Morgan fingerprint density at radius 2 is 2.31 bits per heavy atom. The van der Waals surface area contributed by atoms with Crippen LogP contribution in [0, 0.1) is 5.92 Å². The Kier molecular flexibility index (Phi) is 4.22. The summed E-state index contributed by atoms with van der Waals surface area (Å²) in [6.45, 7) is 3.93. The van der Waals surface area contributed by atoms with Crippen molar-refractivity contribution in [3.05, 3.63) is 15.9 Å². The van der Waals surface area contributed by atoms with Gasteiger partial charge in [0.15, 0.2) is 0 Å². The first-order valence-electron chi connectivity index (χ1n) is 4.30. The molecule has 1 unspecified atom stereocenters. The highest BCUT2D eigenvalue weighted by molar-refractivity contribution is 9.11. The van der Waals surface area contributed by atoms with E-state index in [2.05, 4.69) is 46.9 Å². The molecule has 0 aliphatic rings. The highest BCUT2D eigenvalue weighted by Crippen LogP contribution is 2.29. The third-order valence-electron chi connectivity index (χ3n) is 1.92. The normalized spacial score (nSPS) is 12.9. The first-order chi connectivity index (χ1) is 6.13. The van der Waals surface area contributed by atoms with Crippen LogP contribution in [0.15, 0.2) is 15.9 Å². The molecule has 0 saturated heterocycles. The SMILES string of the molecule is CC(CN)CN(C)c1ccc(Br)s1. The predicted molar refractivity (Wildman–Crippen MR) is 63.5 cm³/mol. The van der Waals surface area contributed by atoms with Crippen molar-refractivity contribution in [3.8, 4) is 0 Å². The van der Waals surface area contributed by atoms with Gasteiger partial charge in [0, 0.05) is 13.6 Å². The molecule has 2 nitrogen and oxygen atoms in total. The average Bonchev–Trinajstić information content (AvgIpc) is 2.51. The van der Waals surface area contributed by atoms with Crippen molar-refractivity contribution in [2.45, 2.75) is 6.92 Å². The summed E-state index contributed by atoms with van der Waals surface area (Å²) in [6.07, 6.45) is 0. The molecule has 1 aromatic rings. The maximum Gasteiger partial charge on any atom is 0.0917 e. The van der Waals surface area contributed by atoms with Gasteiger partial charge in [-0.05, 0) is 40.5 Å². The monoisotopic (exact) mass is 262 g/mol. The van der Waals surface area contributed by atoms with E-state index in [1.165, 1.54) is 8.79 Å². The second-order valence-corrected chi connectivity index (χ2v) is 5.74. The van der Waals surface area contributed by atoms with Gasteiger partial charge in [-0.2, -0.15) is 0 Å². The van der Waals surface area contributed by atoms with Crippen molar-refractivity contribution in [1.82, 2.24) is 0 Å². The van der Waals surface area contributed by atoms with Gasteiger partial charge < -0.3 is 10.6 Å². The number of halogens is 1. The first-order valence-corrected chi connectivity index (χ1v) is 5.91. The minimum atomic E-state index is 0.547. The lowest BCUT2D eigenvalue weighted by Gasteiger charge is -2.20. The zero-order valence-corrected chi connectivity index (χ0v) is 10.4. The Morgan fingerprint density at radius 1 is 1.62 bits per heavy atom. The van der Waals surface area contributed by atoms with Crippen LogP contribution in [0.25, 0.3) is 0 Å². The Morgan fingerprint density at radius 3 is 2.77 bits per heavy atom. The minimum Gasteiger partial charge on any atom is -0.366 e. The van der Waals surface area contributed by atoms with Gasteiger partial charge in [-0.25, -0.2) is 0 Å². The van der Waals surface area contributed by atoms with Crippen molar-refractivity contribution < 1.29 is 0 Å². The second-order valence-electron chi connectivity index (χ2n) is 3.30. The third kappa shape index (κ3) is 3.29. The minimum absolute atomic E-state index is 0.547. The molecule has 0 aromatic carbocycles. The van der Waals surface area contributed by atoms with Gasteiger partial charge in [0.05, 0.1) is 8.79 Å². The van der Waals surface area contributed by atoms with Crippen molar-refractivity contribution in [1.29, 1.82) is 0 Å². The molecule has 1 rings (SSSR count).